The normalized spacial score (nSPS) is 14.0. The van der Waals surface area contributed by atoms with Gasteiger partial charge in [-0.3, -0.25) is 0 Å². The standard InChI is InChI=1S/C24H25FN6O/c1-15-13-19-20(29-15)7-8-21(22(19)25)32-24-16(2)23(27-14-28-24)30-17-3-5-18(6-4-17)31-11-9-26-10-12-31/h3-8,13-14,26,29H,9-12H2,1-2H3,(H,27,28,30). The third-order valence-electron chi connectivity index (χ3n) is 5.69. The number of aryl methyl sites for hydroxylation is 1. The first kappa shape index (κ1) is 20.3. The number of nitrogens with one attached hydrogen (secondary N) is 3. The second kappa shape index (κ2) is 8.47. The molecule has 2 aromatic carbocycles. The number of hydrogen-bond acceptors (Lipinski definition) is 6. The summed E-state index contributed by atoms with van der Waals surface area (Å²) >= 11 is 0. The van der Waals surface area contributed by atoms with Crippen LogP contribution in [0.4, 0.5) is 21.6 Å². The number of halogens is 1. The van der Waals surface area contributed by atoms with Crippen LogP contribution in [-0.2, 0) is 0 Å². The molecule has 0 spiro atoms. The number of piperazine rings is 1. The molecular weight excluding hydrogens is 407 g/mol. The molecule has 32 heavy (non-hydrogen) atoms. The van der Waals surface area contributed by atoms with Crippen LogP contribution in [0, 0.1) is 19.7 Å². The SMILES string of the molecule is Cc1cc2c(F)c(Oc3ncnc(Nc4ccc(N5CCNCC5)cc4)c3C)ccc2[nH]1. The Bertz CT molecular complexity index is 1250. The van der Waals surface area contributed by atoms with Crippen LogP contribution in [0.15, 0.2) is 48.8 Å². The molecule has 3 heterocycles. The van der Waals surface area contributed by atoms with Crippen LogP contribution in [0.25, 0.3) is 10.9 Å². The highest BCUT2D eigenvalue weighted by atomic mass is 19.1. The van der Waals surface area contributed by atoms with Gasteiger partial charge < -0.3 is 25.3 Å². The van der Waals surface area contributed by atoms with Gasteiger partial charge in [-0.25, -0.2) is 14.4 Å². The predicted molar refractivity (Wildman–Crippen MR) is 125 cm³/mol. The first-order chi connectivity index (χ1) is 15.6. The maximum atomic E-state index is 14.9. The quantitative estimate of drug-likeness (QED) is 0.426. The molecule has 0 bridgehead atoms. The van der Waals surface area contributed by atoms with Gasteiger partial charge in [0.15, 0.2) is 11.6 Å². The molecule has 0 unspecified atom stereocenters. The Kier molecular flexibility index (Phi) is 5.36. The number of rotatable bonds is 5. The van der Waals surface area contributed by atoms with Gasteiger partial charge in [-0.2, -0.15) is 0 Å². The van der Waals surface area contributed by atoms with Crippen molar-refractivity contribution in [2.24, 2.45) is 0 Å². The van der Waals surface area contributed by atoms with Crippen LogP contribution >= 0.6 is 0 Å². The largest absolute Gasteiger partial charge is 0.435 e. The Morgan fingerprint density at radius 2 is 1.81 bits per heavy atom. The van der Waals surface area contributed by atoms with Crippen molar-refractivity contribution in [1.29, 1.82) is 0 Å². The Morgan fingerprint density at radius 1 is 1.03 bits per heavy atom. The second-order valence-electron chi connectivity index (χ2n) is 7.95. The fraction of sp³-hybridized carbons (Fsp3) is 0.250. The minimum atomic E-state index is -0.414. The van der Waals surface area contributed by atoms with Crippen molar-refractivity contribution in [3.8, 4) is 11.6 Å². The lowest BCUT2D eigenvalue weighted by molar-refractivity contribution is 0.427. The van der Waals surface area contributed by atoms with Crippen molar-refractivity contribution in [3.63, 3.8) is 0 Å². The van der Waals surface area contributed by atoms with Gasteiger partial charge >= 0.3 is 0 Å². The summed E-state index contributed by atoms with van der Waals surface area (Å²) in [5.74, 6) is 0.641. The van der Waals surface area contributed by atoms with E-state index in [0.29, 0.717) is 22.6 Å². The van der Waals surface area contributed by atoms with E-state index in [9.17, 15) is 4.39 Å². The first-order valence-electron chi connectivity index (χ1n) is 10.7. The molecule has 4 aromatic rings. The van der Waals surface area contributed by atoms with E-state index < -0.39 is 5.82 Å². The Labute approximate surface area is 185 Å². The number of benzene rings is 2. The minimum absolute atomic E-state index is 0.129. The lowest BCUT2D eigenvalue weighted by Crippen LogP contribution is -2.43. The molecule has 0 atom stereocenters. The zero-order valence-corrected chi connectivity index (χ0v) is 18.1. The molecule has 5 rings (SSSR count). The molecular formula is C24H25FN6O. The van der Waals surface area contributed by atoms with Crippen LogP contribution in [0.2, 0.25) is 0 Å². The van der Waals surface area contributed by atoms with E-state index in [1.807, 2.05) is 26.0 Å². The average molecular weight is 433 g/mol. The van der Waals surface area contributed by atoms with E-state index >= 15 is 0 Å². The van der Waals surface area contributed by atoms with E-state index in [-0.39, 0.29) is 5.75 Å². The zero-order chi connectivity index (χ0) is 22.1. The monoisotopic (exact) mass is 432 g/mol. The van der Waals surface area contributed by atoms with E-state index in [2.05, 4.69) is 42.6 Å². The number of H-pyrrole nitrogens is 1. The van der Waals surface area contributed by atoms with Crippen LogP contribution in [0.5, 0.6) is 11.6 Å². The van der Waals surface area contributed by atoms with Gasteiger partial charge in [0.1, 0.15) is 12.1 Å². The summed E-state index contributed by atoms with van der Waals surface area (Å²) in [6.45, 7) is 7.75. The topological polar surface area (TPSA) is 78.1 Å². The lowest BCUT2D eigenvalue weighted by atomic mass is 10.2. The van der Waals surface area contributed by atoms with Crippen LogP contribution in [0.1, 0.15) is 11.3 Å². The van der Waals surface area contributed by atoms with Gasteiger partial charge in [-0.15, -0.1) is 0 Å². The number of anilines is 3. The van der Waals surface area contributed by atoms with Crippen molar-refractivity contribution in [2.45, 2.75) is 13.8 Å². The number of aromatic nitrogens is 3. The highest BCUT2D eigenvalue weighted by molar-refractivity contribution is 5.82. The minimum Gasteiger partial charge on any atom is -0.435 e. The average Bonchev–Trinajstić information content (AvgIpc) is 3.20. The summed E-state index contributed by atoms with van der Waals surface area (Å²) in [5, 5.41) is 7.18. The maximum absolute atomic E-state index is 14.9. The maximum Gasteiger partial charge on any atom is 0.227 e. The molecule has 164 valence electrons. The van der Waals surface area contributed by atoms with E-state index in [1.165, 1.54) is 12.0 Å². The fourth-order valence-electron chi connectivity index (χ4n) is 3.95. The molecule has 0 saturated carbocycles. The third-order valence-corrected chi connectivity index (χ3v) is 5.69. The summed E-state index contributed by atoms with van der Waals surface area (Å²) in [5.41, 5.74) is 4.43. The highest BCUT2D eigenvalue weighted by Crippen LogP contribution is 2.33. The number of fused-ring (bicyclic) bond motifs is 1. The summed E-state index contributed by atoms with van der Waals surface area (Å²) in [6, 6.07) is 13.4. The summed E-state index contributed by atoms with van der Waals surface area (Å²) in [7, 11) is 0. The summed E-state index contributed by atoms with van der Waals surface area (Å²) < 4.78 is 20.8. The second-order valence-corrected chi connectivity index (χ2v) is 7.95. The fourth-order valence-corrected chi connectivity index (χ4v) is 3.95. The molecule has 0 radical (unpaired) electrons. The van der Waals surface area contributed by atoms with Crippen LogP contribution < -0.4 is 20.3 Å². The molecule has 1 saturated heterocycles. The molecule has 2 aromatic heterocycles. The van der Waals surface area contributed by atoms with Crippen molar-refractivity contribution in [2.75, 3.05) is 36.4 Å². The lowest BCUT2D eigenvalue weighted by Gasteiger charge is -2.29. The number of nitrogens with zero attached hydrogens (tertiary/aromatic N) is 3. The molecule has 8 heteroatoms. The van der Waals surface area contributed by atoms with Crippen LogP contribution in [0.3, 0.4) is 0 Å². The van der Waals surface area contributed by atoms with Gasteiger partial charge in [0.25, 0.3) is 0 Å². The van der Waals surface area contributed by atoms with Gasteiger partial charge in [0, 0.05) is 54.2 Å². The van der Waals surface area contributed by atoms with Crippen LogP contribution in [-0.4, -0.2) is 41.1 Å². The van der Waals surface area contributed by atoms with Crippen molar-refractivity contribution in [3.05, 3.63) is 65.9 Å². The summed E-state index contributed by atoms with van der Waals surface area (Å²) in [6.07, 6.45) is 1.41. The Balaban J connectivity index is 1.35. The predicted octanol–water partition coefficient (Wildman–Crippen LogP) is 4.66. The third kappa shape index (κ3) is 3.97. The molecule has 1 aliphatic heterocycles. The van der Waals surface area contributed by atoms with Gasteiger partial charge in [0.05, 0.1) is 5.56 Å². The molecule has 1 aliphatic rings. The molecule has 7 nitrogen and oxygen atoms in total. The van der Waals surface area contributed by atoms with E-state index in [0.717, 1.165) is 43.1 Å². The number of hydrogen-bond donors (Lipinski definition) is 3. The summed E-state index contributed by atoms with van der Waals surface area (Å²) in [4.78, 5) is 14.0. The first-order valence-corrected chi connectivity index (χ1v) is 10.7. The zero-order valence-electron chi connectivity index (χ0n) is 18.1. The number of aromatic amines is 1. The van der Waals surface area contributed by atoms with Gasteiger partial charge in [-0.1, -0.05) is 0 Å². The van der Waals surface area contributed by atoms with Crippen molar-refractivity contribution in [1.82, 2.24) is 20.3 Å². The Morgan fingerprint density at radius 3 is 2.59 bits per heavy atom. The number of ether oxygens (including phenoxy) is 1. The van der Waals surface area contributed by atoms with Crippen molar-refractivity contribution >= 4 is 28.1 Å². The van der Waals surface area contributed by atoms with Gasteiger partial charge in [0.2, 0.25) is 5.88 Å². The van der Waals surface area contributed by atoms with E-state index in [4.69, 9.17) is 4.74 Å². The highest BCUT2D eigenvalue weighted by Gasteiger charge is 2.15. The van der Waals surface area contributed by atoms with Gasteiger partial charge in [-0.05, 0) is 56.3 Å². The molecule has 1 fully saturated rings. The molecule has 0 amide bonds. The Hall–Kier alpha value is -3.65. The smallest absolute Gasteiger partial charge is 0.227 e. The molecule has 0 aliphatic carbocycles. The van der Waals surface area contributed by atoms with E-state index in [1.54, 1.807) is 18.2 Å². The van der Waals surface area contributed by atoms with Crippen molar-refractivity contribution < 1.29 is 9.13 Å². The molecule has 3 N–H and O–H groups in total.